The summed E-state index contributed by atoms with van der Waals surface area (Å²) >= 11 is 0. The molecule has 1 aliphatic rings. The monoisotopic (exact) mass is 349 g/mol. The lowest BCUT2D eigenvalue weighted by Crippen LogP contribution is -2.48. The van der Waals surface area contributed by atoms with Gasteiger partial charge < -0.3 is 20.5 Å². The summed E-state index contributed by atoms with van der Waals surface area (Å²) in [6, 6.07) is 4.20. The highest BCUT2D eigenvalue weighted by Crippen LogP contribution is 2.32. The van der Waals surface area contributed by atoms with Crippen molar-refractivity contribution in [3.8, 4) is 11.5 Å². The van der Waals surface area contributed by atoms with Crippen molar-refractivity contribution < 1.29 is 19.1 Å². The Balaban J connectivity index is 1.89. The normalized spacial score (nSPS) is 15.3. The molecule has 3 N–H and O–H groups in total. The molecule has 0 aliphatic carbocycles. The van der Waals surface area contributed by atoms with Crippen LogP contribution in [0.1, 0.15) is 37.6 Å². The van der Waals surface area contributed by atoms with Crippen molar-refractivity contribution in [1.29, 1.82) is 0 Å². The summed E-state index contributed by atoms with van der Waals surface area (Å²) in [5.74, 6) is 1.31. The highest BCUT2D eigenvalue weighted by molar-refractivity contribution is 6.00. The molecule has 1 aromatic rings. The number of nitrogens with two attached hydrogens (primary N) is 1. The van der Waals surface area contributed by atoms with Crippen LogP contribution in [0.25, 0.3) is 0 Å². The van der Waals surface area contributed by atoms with E-state index in [1.54, 1.807) is 37.1 Å². The van der Waals surface area contributed by atoms with Crippen LogP contribution in [0.5, 0.6) is 11.5 Å². The number of nitrogens with one attached hydrogen (secondary N) is 1. The molecule has 25 heavy (non-hydrogen) atoms. The number of hydrogen-bond acceptors (Lipinski definition) is 6. The fraction of sp³-hybridized carbons (Fsp3) is 0.556. The molecule has 0 radical (unpaired) electrons. The second-order valence-corrected chi connectivity index (χ2v) is 6.80. The molecule has 1 aliphatic heterocycles. The molecule has 1 aromatic carbocycles. The standard InChI is InChI=1S/C18H27N3O4/c1-11(2)7-14(19)18(23)20-9-21(4)12(3)17(22)13-5-6-15-16(8-13)25-10-24-15/h5-6,8,11-12,14H,7,9-10,19H2,1-4H3,(H,20,23). The molecular weight excluding hydrogens is 322 g/mol. The zero-order valence-corrected chi connectivity index (χ0v) is 15.2. The summed E-state index contributed by atoms with van der Waals surface area (Å²) in [5.41, 5.74) is 6.41. The summed E-state index contributed by atoms with van der Waals surface area (Å²) in [6.07, 6.45) is 0.626. The Bertz CT molecular complexity index is 633. The van der Waals surface area contributed by atoms with Gasteiger partial charge in [-0.3, -0.25) is 14.5 Å². The average Bonchev–Trinajstić information content (AvgIpc) is 3.04. The third-order valence-electron chi connectivity index (χ3n) is 4.26. The lowest BCUT2D eigenvalue weighted by atomic mass is 10.0. The summed E-state index contributed by atoms with van der Waals surface area (Å²) in [6.45, 7) is 6.26. The van der Waals surface area contributed by atoms with E-state index in [1.807, 2.05) is 13.8 Å². The maximum Gasteiger partial charge on any atom is 0.237 e. The molecule has 0 bridgehead atoms. The third-order valence-corrected chi connectivity index (χ3v) is 4.26. The lowest BCUT2D eigenvalue weighted by Gasteiger charge is -2.25. The van der Waals surface area contributed by atoms with Gasteiger partial charge in [0.15, 0.2) is 17.3 Å². The summed E-state index contributed by atoms with van der Waals surface area (Å²) in [5, 5.41) is 2.78. The number of carbonyl (C=O) groups excluding carboxylic acids is 2. The van der Waals surface area contributed by atoms with Gasteiger partial charge in [-0.25, -0.2) is 0 Å². The highest BCUT2D eigenvalue weighted by atomic mass is 16.7. The number of Topliss-reactive ketones (excluding diaryl/α,β-unsaturated/α-hetero) is 1. The van der Waals surface area contributed by atoms with E-state index in [2.05, 4.69) is 5.32 Å². The molecule has 0 saturated heterocycles. The van der Waals surface area contributed by atoms with Gasteiger partial charge in [-0.1, -0.05) is 13.8 Å². The molecular formula is C18H27N3O4. The van der Waals surface area contributed by atoms with Crippen LogP contribution in [0.3, 0.4) is 0 Å². The smallest absolute Gasteiger partial charge is 0.237 e. The molecule has 0 aromatic heterocycles. The van der Waals surface area contributed by atoms with E-state index in [1.165, 1.54) is 0 Å². The van der Waals surface area contributed by atoms with Crippen molar-refractivity contribution >= 4 is 11.7 Å². The van der Waals surface area contributed by atoms with Crippen molar-refractivity contribution in [1.82, 2.24) is 10.2 Å². The van der Waals surface area contributed by atoms with Crippen LogP contribution in [-0.2, 0) is 4.79 Å². The first-order valence-corrected chi connectivity index (χ1v) is 8.47. The van der Waals surface area contributed by atoms with Gasteiger partial charge in [-0.15, -0.1) is 0 Å². The zero-order valence-electron chi connectivity index (χ0n) is 15.2. The molecule has 2 unspecified atom stereocenters. The number of likely N-dealkylation sites (N-methyl/N-ethyl adjacent to an activating group) is 1. The number of carbonyl (C=O) groups is 2. The predicted molar refractivity (Wildman–Crippen MR) is 94.6 cm³/mol. The lowest BCUT2D eigenvalue weighted by molar-refractivity contribution is -0.123. The van der Waals surface area contributed by atoms with Crippen LogP contribution in [0, 0.1) is 5.92 Å². The van der Waals surface area contributed by atoms with E-state index in [0.29, 0.717) is 29.4 Å². The Morgan fingerprint density at radius 2 is 1.92 bits per heavy atom. The molecule has 0 spiro atoms. The van der Waals surface area contributed by atoms with Gasteiger partial charge >= 0.3 is 0 Å². The van der Waals surface area contributed by atoms with Crippen LogP contribution >= 0.6 is 0 Å². The Kier molecular flexibility index (Phi) is 6.39. The van der Waals surface area contributed by atoms with Crippen LogP contribution < -0.4 is 20.5 Å². The number of ketones is 1. The minimum absolute atomic E-state index is 0.0541. The predicted octanol–water partition coefficient (Wildman–Crippen LogP) is 1.37. The molecule has 1 amide bonds. The maximum atomic E-state index is 12.6. The zero-order chi connectivity index (χ0) is 18.6. The fourth-order valence-electron chi connectivity index (χ4n) is 2.58. The van der Waals surface area contributed by atoms with Crippen LogP contribution in [0.4, 0.5) is 0 Å². The Morgan fingerprint density at radius 1 is 1.24 bits per heavy atom. The number of benzene rings is 1. The minimum atomic E-state index is -0.534. The molecule has 2 atom stereocenters. The molecule has 0 saturated carbocycles. The largest absolute Gasteiger partial charge is 0.454 e. The number of fused-ring (bicyclic) bond motifs is 1. The number of hydrogen-bond donors (Lipinski definition) is 2. The summed E-state index contributed by atoms with van der Waals surface area (Å²) < 4.78 is 10.6. The van der Waals surface area contributed by atoms with Crippen LogP contribution in [-0.4, -0.2) is 49.2 Å². The van der Waals surface area contributed by atoms with Gasteiger partial charge in [0.25, 0.3) is 0 Å². The number of ether oxygens (including phenoxy) is 2. The second-order valence-electron chi connectivity index (χ2n) is 6.80. The molecule has 7 nitrogen and oxygen atoms in total. The molecule has 2 rings (SSSR count). The fourth-order valence-corrected chi connectivity index (χ4v) is 2.58. The second kappa shape index (κ2) is 8.31. The van der Waals surface area contributed by atoms with Gasteiger partial charge in [-0.2, -0.15) is 0 Å². The molecule has 0 fully saturated rings. The van der Waals surface area contributed by atoms with Crippen molar-refractivity contribution in [3.05, 3.63) is 23.8 Å². The van der Waals surface area contributed by atoms with Gasteiger partial charge in [-0.05, 0) is 44.5 Å². The van der Waals surface area contributed by atoms with Gasteiger partial charge in [0, 0.05) is 5.56 Å². The minimum Gasteiger partial charge on any atom is -0.454 e. The van der Waals surface area contributed by atoms with Crippen LogP contribution in [0.2, 0.25) is 0 Å². The van der Waals surface area contributed by atoms with E-state index in [9.17, 15) is 9.59 Å². The van der Waals surface area contributed by atoms with Crippen molar-refractivity contribution in [3.63, 3.8) is 0 Å². The van der Waals surface area contributed by atoms with E-state index in [-0.39, 0.29) is 25.2 Å². The summed E-state index contributed by atoms with van der Waals surface area (Å²) in [4.78, 5) is 26.4. The number of amides is 1. The topological polar surface area (TPSA) is 93.9 Å². The Morgan fingerprint density at radius 3 is 2.60 bits per heavy atom. The SMILES string of the molecule is CC(C)CC(N)C(=O)NCN(C)C(C)C(=O)c1ccc2c(c1)OCO2. The van der Waals surface area contributed by atoms with E-state index < -0.39 is 12.1 Å². The van der Waals surface area contributed by atoms with Gasteiger partial charge in [0.2, 0.25) is 12.7 Å². The van der Waals surface area contributed by atoms with Crippen molar-refractivity contribution in [2.75, 3.05) is 20.5 Å². The maximum absolute atomic E-state index is 12.6. The first kappa shape index (κ1) is 19.2. The third kappa shape index (κ3) is 4.93. The first-order chi connectivity index (χ1) is 11.8. The van der Waals surface area contributed by atoms with Crippen molar-refractivity contribution in [2.45, 2.75) is 39.3 Å². The number of nitrogens with zero attached hydrogens (tertiary/aromatic N) is 1. The molecule has 7 heteroatoms. The Labute approximate surface area is 148 Å². The molecule has 1 heterocycles. The van der Waals surface area contributed by atoms with E-state index in [4.69, 9.17) is 15.2 Å². The molecule has 138 valence electrons. The van der Waals surface area contributed by atoms with E-state index >= 15 is 0 Å². The van der Waals surface area contributed by atoms with Crippen LogP contribution in [0.15, 0.2) is 18.2 Å². The average molecular weight is 349 g/mol. The van der Waals surface area contributed by atoms with Gasteiger partial charge in [0.05, 0.1) is 18.8 Å². The van der Waals surface area contributed by atoms with Crippen molar-refractivity contribution in [2.24, 2.45) is 11.7 Å². The van der Waals surface area contributed by atoms with Gasteiger partial charge in [0.1, 0.15) is 0 Å². The highest BCUT2D eigenvalue weighted by Gasteiger charge is 2.23. The summed E-state index contributed by atoms with van der Waals surface area (Å²) in [7, 11) is 1.78. The quantitative estimate of drug-likeness (QED) is 0.544. The Hall–Kier alpha value is -2.12. The first-order valence-electron chi connectivity index (χ1n) is 8.47. The van der Waals surface area contributed by atoms with E-state index in [0.717, 1.165) is 0 Å². The number of rotatable bonds is 8.